The summed E-state index contributed by atoms with van der Waals surface area (Å²) in [6.07, 6.45) is 8.78. The minimum atomic E-state index is -0.0687. The number of aromatic nitrogens is 3. The third-order valence-corrected chi connectivity index (χ3v) is 5.04. The van der Waals surface area contributed by atoms with E-state index < -0.39 is 0 Å². The molecule has 142 valence electrons. The van der Waals surface area contributed by atoms with Crippen molar-refractivity contribution in [1.82, 2.24) is 20.0 Å². The lowest BCUT2D eigenvalue weighted by molar-refractivity contribution is -0.126. The minimum Gasteiger partial charge on any atom is -0.361 e. The smallest absolute Gasteiger partial charge is 0.247 e. The third-order valence-electron chi connectivity index (χ3n) is 5.04. The number of carbonyl (C=O) groups is 1. The van der Waals surface area contributed by atoms with E-state index in [1.54, 1.807) is 18.5 Å². The van der Waals surface area contributed by atoms with Crippen LogP contribution in [0, 0.1) is 13.8 Å². The monoisotopic (exact) mass is 374 g/mol. The number of likely N-dealkylation sites (tertiary alicyclic amines) is 1. The van der Waals surface area contributed by atoms with Gasteiger partial charge in [-0.2, -0.15) is 0 Å². The van der Waals surface area contributed by atoms with E-state index in [1.807, 2.05) is 55.2 Å². The number of carbonyl (C=O) groups excluding carboxylic acids is 1. The Kier molecular flexibility index (Phi) is 5.02. The molecule has 4 rings (SSSR count). The molecular formula is C22H22N4O2. The quantitative estimate of drug-likeness (QED) is 0.642. The lowest BCUT2D eigenvalue weighted by Crippen LogP contribution is -2.29. The van der Waals surface area contributed by atoms with Gasteiger partial charge >= 0.3 is 0 Å². The normalized spacial score (nSPS) is 16.8. The van der Waals surface area contributed by atoms with Crippen molar-refractivity contribution >= 4 is 12.0 Å². The van der Waals surface area contributed by atoms with Gasteiger partial charge in [0.05, 0.1) is 41.1 Å². The fourth-order valence-electron chi connectivity index (χ4n) is 3.68. The van der Waals surface area contributed by atoms with Crippen molar-refractivity contribution in [1.29, 1.82) is 0 Å². The summed E-state index contributed by atoms with van der Waals surface area (Å²) < 4.78 is 5.26. The zero-order chi connectivity index (χ0) is 19.5. The van der Waals surface area contributed by atoms with Gasteiger partial charge in [0.2, 0.25) is 5.91 Å². The van der Waals surface area contributed by atoms with Crippen LogP contribution in [0.5, 0.6) is 0 Å². The van der Waals surface area contributed by atoms with Crippen LogP contribution < -0.4 is 0 Å². The maximum absolute atomic E-state index is 12.8. The second-order valence-electron chi connectivity index (χ2n) is 6.96. The van der Waals surface area contributed by atoms with E-state index in [1.165, 1.54) is 0 Å². The highest BCUT2D eigenvalue weighted by molar-refractivity contribution is 5.92. The molecule has 3 aromatic rings. The number of nitrogens with zero attached hydrogens (tertiary/aromatic N) is 4. The fourth-order valence-corrected chi connectivity index (χ4v) is 3.68. The van der Waals surface area contributed by atoms with Crippen molar-refractivity contribution in [3.63, 3.8) is 0 Å². The Bertz CT molecular complexity index is 991. The average molecular weight is 374 g/mol. The van der Waals surface area contributed by atoms with Gasteiger partial charge in [0.15, 0.2) is 0 Å². The Labute approximate surface area is 163 Å². The van der Waals surface area contributed by atoms with Crippen molar-refractivity contribution in [2.75, 3.05) is 6.54 Å². The fraction of sp³-hybridized carbons (Fsp3) is 0.273. The van der Waals surface area contributed by atoms with Gasteiger partial charge in [-0.05, 0) is 38.3 Å². The van der Waals surface area contributed by atoms with E-state index in [-0.39, 0.29) is 11.9 Å². The van der Waals surface area contributed by atoms with E-state index in [0.717, 1.165) is 47.6 Å². The summed E-state index contributed by atoms with van der Waals surface area (Å²) >= 11 is 0. The molecule has 6 heteroatoms. The highest BCUT2D eigenvalue weighted by Gasteiger charge is 2.30. The van der Waals surface area contributed by atoms with Crippen LogP contribution in [-0.4, -0.2) is 32.5 Å². The molecule has 1 amide bonds. The molecule has 1 aliphatic rings. The molecule has 1 unspecified atom stereocenters. The summed E-state index contributed by atoms with van der Waals surface area (Å²) in [6, 6.07) is 9.76. The average Bonchev–Trinajstić information content (AvgIpc) is 3.34. The number of amides is 1. The van der Waals surface area contributed by atoms with Crippen molar-refractivity contribution in [3.8, 4) is 11.3 Å². The molecular weight excluding hydrogens is 352 g/mol. The summed E-state index contributed by atoms with van der Waals surface area (Å²) in [4.78, 5) is 23.8. The van der Waals surface area contributed by atoms with Crippen LogP contribution in [-0.2, 0) is 4.79 Å². The third kappa shape index (κ3) is 3.58. The maximum Gasteiger partial charge on any atom is 0.247 e. The van der Waals surface area contributed by atoms with E-state index in [4.69, 9.17) is 9.51 Å². The van der Waals surface area contributed by atoms with Gasteiger partial charge in [-0.1, -0.05) is 35.5 Å². The minimum absolute atomic E-state index is 0.00380. The molecule has 1 saturated heterocycles. The van der Waals surface area contributed by atoms with Crippen molar-refractivity contribution in [2.45, 2.75) is 32.7 Å². The second-order valence-corrected chi connectivity index (χ2v) is 6.96. The molecule has 1 fully saturated rings. The number of rotatable bonds is 4. The van der Waals surface area contributed by atoms with Gasteiger partial charge in [-0.25, -0.2) is 4.98 Å². The number of benzene rings is 1. The van der Waals surface area contributed by atoms with E-state index in [9.17, 15) is 4.79 Å². The topological polar surface area (TPSA) is 72.1 Å². The van der Waals surface area contributed by atoms with E-state index in [0.29, 0.717) is 5.76 Å². The Balaban J connectivity index is 1.58. The summed E-state index contributed by atoms with van der Waals surface area (Å²) in [7, 11) is 0. The van der Waals surface area contributed by atoms with E-state index in [2.05, 4.69) is 10.1 Å². The predicted molar refractivity (Wildman–Crippen MR) is 106 cm³/mol. The standard InChI is InChI=1S/C22H22N4O2/c1-15-22(16(2)28-25-15)19-14-23-13-18(24-19)20-9-6-12-26(20)21(27)11-10-17-7-4-3-5-8-17/h3-5,7-8,10-11,13-14,20H,6,9,12H2,1-2H3/b11-10+. The molecule has 6 nitrogen and oxygen atoms in total. The van der Waals surface area contributed by atoms with Crippen LogP contribution in [0.1, 0.15) is 41.6 Å². The second kappa shape index (κ2) is 7.76. The molecule has 3 heterocycles. The van der Waals surface area contributed by atoms with Crippen LogP contribution in [0.25, 0.3) is 17.3 Å². The van der Waals surface area contributed by atoms with Gasteiger partial charge in [-0.3, -0.25) is 9.78 Å². The van der Waals surface area contributed by atoms with Gasteiger partial charge in [-0.15, -0.1) is 0 Å². The van der Waals surface area contributed by atoms with Crippen LogP contribution in [0.4, 0.5) is 0 Å². The summed E-state index contributed by atoms with van der Waals surface area (Å²) in [5.74, 6) is 0.713. The van der Waals surface area contributed by atoms with Crippen molar-refractivity contribution in [2.24, 2.45) is 0 Å². The lowest BCUT2D eigenvalue weighted by atomic mass is 10.1. The summed E-state index contributed by atoms with van der Waals surface area (Å²) in [6.45, 7) is 4.48. The molecule has 0 radical (unpaired) electrons. The van der Waals surface area contributed by atoms with Gasteiger partial charge in [0.1, 0.15) is 5.76 Å². The summed E-state index contributed by atoms with van der Waals surface area (Å²) in [5, 5.41) is 4.00. The lowest BCUT2D eigenvalue weighted by Gasteiger charge is -2.23. The molecule has 0 spiro atoms. The Morgan fingerprint density at radius 1 is 1.21 bits per heavy atom. The molecule has 0 saturated carbocycles. The molecule has 1 aliphatic heterocycles. The van der Waals surface area contributed by atoms with Gasteiger partial charge in [0, 0.05) is 12.6 Å². The zero-order valence-electron chi connectivity index (χ0n) is 16.0. The summed E-state index contributed by atoms with van der Waals surface area (Å²) in [5.41, 5.74) is 4.19. The van der Waals surface area contributed by atoms with Crippen LogP contribution in [0.3, 0.4) is 0 Å². The molecule has 2 aromatic heterocycles. The first-order chi connectivity index (χ1) is 13.6. The Morgan fingerprint density at radius 2 is 2.04 bits per heavy atom. The van der Waals surface area contributed by atoms with Crippen molar-refractivity contribution < 1.29 is 9.32 Å². The first kappa shape index (κ1) is 18.1. The number of hydrogen-bond donors (Lipinski definition) is 0. The molecule has 0 aliphatic carbocycles. The van der Waals surface area contributed by atoms with Gasteiger partial charge in [0.25, 0.3) is 0 Å². The first-order valence-electron chi connectivity index (χ1n) is 9.42. The Morgan fingerprint density at radius 3 is 2.79 bits per heavy atom. The number of hydrogen-bond acceptors (Lipinski definition) is 5. The van der Waals surface area contributed by atoms with Crippen LogP contribution in [0.15, 0.2) is 53.3 Å². The largest absolute Gasteiger partial charge is 0.361 e. The molecule has 0 bridgehead atoms. The maximum atomic E-state index is 12.8. The first-order valence-corrected chi connectivity index (χ1v) is 9.42. The molecule has 28 heavy (non-hydrogen) atoms. The van der Waals surface area contributed by atoms with Crippen LogP contribution in [0.2, 0.25) is 0 Å². The van der Waals surface area contributed by atoms with Gasteiger partial charge < -0.3 is 9.42 Å². The molecule has 0 N–H and O–H groups in total. The van der Waals surface area contributed by atoms with Crippen LogP contribution >= 0.6 is 0 Å². The number of aryl methyl sites for hydroxylation is 2. The predicted octanol–water partition coefficient (Wildman–Crippen LogP) is 4.13. The highest BCUT2D eigenvalue weighted by Crippen LogP contribution is 2.32. The van der Waals surface area contributed by atoms with Crippen molar-refractivity contribution in [3.05, 3.63) is 71.5 Å². The molecule has 1 atom stereocenters. The molecule has 1 aromatic carbocycles. The highest BCUT2D eigenvalue weighted by atomic mass is 16.5. The van der Waals surface area contributed by atoms with E-state index >= 15 is 0 Å². The Hall–Kier alpha value is -3.28. The zero-order valence-corrected chi connectivity index (χ0v) is 16.0. The SMILES string of the molecule is Cc1noc(C)c1-c1cncc(C2CCCN2C(=O)/C=C/c2ccccc2)n1.